The van der Waals surface area contributed by atoms with E-state index in [0.29, 0.717) is 11.8 Å². The van der Waals surface area contributed by atoms with Crippen molar-refractivity contribution in [1.29, 1.82) is 0 Å². The van der Waals surface area contributed by atoms with Crippen LogP contribution in [-0.2, 0) is 6.54 Å². The Bertz CT molecular complexity index is 407. The first-order valence-electron chi connectivity index (χ1n) is 6.26. The summed E-state index contributed by atoms with van der Waals surface area (Å²) in [7, 11) is 0. The minimum atomic E-state index is 0.163. The minimum Gasteiger partial charge on any atom is -0.299 e. The van der Waals surface area contributed by atoms with Crippen LogP contribution in [0.2, 0.25) is 0 Å². The van der Waals surface area contributed by atoms with Gasteiger partial charge in [-0.15, -0.1) is 0 Å². The Balaban J connectivity index is 2.21. The molecule has 3 heteroatoms. The lowest BCUT2D eigenvalue weighted by Crippen LogP contribution is -2.29. The molecule has 16 heavy (non-hydrogen) atoms. The Morgan fingerprint density at radius 3 is 2.88 bits per heavy atom. The van der Waals surface area contributed by atoms with Gasteiger partial charge in [-0.1, -0.05) is 20.3 Å². The molecule has 88 valence electrons. The van der Waals surface area contributed by atoms with Crippen LogP contribution in [0.5, 0.6) is 0 Å². The third-order valence-electron chi connectivity index (χ3n) is 3.75. The van der Waals surface area contributed by atoms with Crippen LogP contribution >= 0.6 is 0 Å². The van der Waals surface area contributed by atoms with Gasteiger partial charge in [-0.3, -0.25) is 9.36 Å². The molecule has 1 aliphatic rings. The van der Waals surface area contributed by atoms with Crippen molar-refractivity contribution in [1.82, 2.24) is 9.55 Å². The van der Waals surface area contributed by atoms with E-state index in [1.54, 1.807) is 17.1 Å². The molecule has 0 radical (unpaired) electrons. The molecule has 0 aromatic carbocycles. The van der Waals surface area contributed by atoms with Crippen molar-refractivity contribution in [3.63, 3.8) is 0 Å². The van der Waals surface area contributed by atoms with Crippen molar-refractivity contribution in [2.75, 3.05) is 0 Å². The molecule has 1 heterocycles. The van der Waals surface area contributed by atoms with E-state index < -0.39 is 0 Å². The summed E-state index contributed by atoms with van der Waals surface area (Å²) in [5.41, 5.74) is 1.03. The lowest BCUT2D eigenvalue weighted by Gasteiger charge is -2.26. The number of aromatic nitrogens is 2. The molecule has 0 aliphatic heterocycles. The number of nitrogens with zero attached hydrogens (tertiary/aromatic N) is 2. The molecule has 0 bridgehead atoms. The maximum Gasteiger partial charge on any atom is 0.256 e. The smallest absolute Gasteiger partial charge is 0.256 e. The molecule has 1 atom stereocenters. The summed E-state index contributed by atoms with van der Waals surface area (Å²) in [6, 6.07) is 0. The summed E-state index contributed by atoms with van der Waals surface area (Å²) in [6.07, 6.45) is 8.25. The van der Waals surface area contributed by atoms with Gasteiger partial charge in [-0.2, -0.15) is 0 Å². The zero-order valence-electron chi connectivity index (χ0n) is 10.1. The molecule has 0 spiro atoms. The molecule has 1 fully saturated rings. The van der Waals surface area contributed by atoms with Crippen LogP contribution in [0, 0.1) is 5.92 Å². The normalized spacial score (nSPS) is 18.1. The monoisotopic (exact) mass is 220 g/mol. The molecule has 1 unspecified atom stereocenters. The van der Waals surface area contributed by atoms with E-state index in [2.05, 4.69) is 18.8 Å². The molecular weight excluding hydrogens is 200 g/mol. The lowest BCUT2D eigenvalue weighted by molar-refractivity contribution is 0.272. The van der Waals surface area contributed by atoms with Gasteiger partial charge < -0.3 is 0 Å². The topological polar surface area (TPSA) is 34.9 Å². The molecule has 0 amide bonds. The Morgan fingerprint density at radius 2 is 2.31 bits per heavy atom. The van der Waals surface area contributed by atoms with Gasteiger partial charge in [0.25, 0.3) is 5.56 Å². The highest BCUT2D eigenvalue weighted by molar-refractivity contribution is 5.10. The third-order valence-corrected chi connectivity index (χ3v) is 3.75. The van der Waals surface area contributed by atoms with Crippen molar-refractivity contribution in [2.45, 2.75) is 52.0 Å². The second kappa shape index (κ2) is 4.81. The Hall–Kier alpha value is -1.12. The Morgan fingerprint density at radius 1 is 1.56 bits per heavy atom. The van der Waals surface area contributed by atoms with Crippen LogP contribution in [0.3, 0.4) is 0 Å². The van der Waals surface area contributed by atoms with Crippen molar-refractivity contribution in [3.05, 3.63) is 28.4 Å². The van der Waals surface area contributed by atoms with Crippen LogP contribution < -0.4 is 5.56 Å². The van der Waals surface area contributed by atoms with Crippen LogP contribution in [-0.4, -0.2) is 9.55 Å². The first-order valence-corrected chi connectivity index (χ1v) is 6.26. The summed E-state index contributed by atoms with van der Waals surface area (Å²) in [5, 5.41) is 0. The van der Waals surface area contributed by atoms with Gasteiger partial charge in [0, 0.05) is 18.3 Å². The summed E-state index contributed by atoms with van der Waals surface area (Å²) >= 11 is 0. The molecule has 1 aliphatic carbocycles. The van der Waals surface area contributed by atoms with Gasteiger partial charge in [-0.25, -0.2) is 4.98 Å². The van der Waals surface area contributed by atoms with Gasteiger partial charge >= 0.3 is 0 Å². The highest BCUT2D eigenvalue weighted by Crippen LogP contribution is 2.27. The fraction of sp³-hybridized carbons (Fsp3) is 0.692. The SMILES string of the molecule is CCC(C)c1cncn(CC2CCC2)c1=O. The first kappa shape index (κ1) is 11.4. The highest BCUT2D eigenvalue weighted by Gasteiger charge is 2.19. The van der Waals surface area contributed by atoms with Gasteiger partial charge in [0.15, 0.2) is 0 Å². The van der Waals surface area contributed by atoms with Crippen LogP contribution in [0.15, 0.2) is 17.3 Å². The van der Waals surface area contributed by atoms with Crippen LogP contribution in [0.25, 0.3) is 0 Å². The summed E-state index contributed by atoms with van der Waals surface area (Å²) in [6.45, 7) is 5.05. The fourth-order valence-electron chi connectivity index (χ4n) is 2.11. The van der Waals surface area contributed by atoms with Crippen molar-refractivity contribution >= 4 is 0 Å². The van der Waals surface area contributed by atoms with E-state index in [-0.39, 0.29) is 5.56 Å². The molecule has 1 aromatic rings. The number of hydrogen-bond donors (Lipinski definition) is 0. The minimum absolute atomic E-state index is 0.163. The zero-order valence-corrected chi connectivity index (χ0v) is 10.1. The van der Waals surface area contributed by atoms with Crippen LogP contribution in [0.1, 0.15) is 51.0 Å². The van der Waals surface area contributed by atoms with Gasteiger partial charge in [0.2, 0.25) is 0 Å². The third kappa shape index (κ3) is 2.18. The Labute approximate surface area is 96.5 Å². The maximum atomic E-state index is 12.2. The zero-order chi connectivity index (χ0) is 11.5. The van der Waals surface area contributed by atoms with Crippen LogP contribution in [0.4, 0.5) is 0 Å². The van der Waals surface area contributed by atoms with Gasteiger partial charge in [0.05, 0.1) is 6.33 Å². The quantitative estimate of drug-likeness (QED) is 0.781. The highest BCUT2D eigenvalue weighted by atomic mass is 16.1. The molecule has 1 saturated carbocycles. The van der Waals surface area contributed by atoms with Crippen molar-refractivity contribution in [2.24, 2.45) is 5.92 Å². The molecule has 1 aromatic heterocycles. The van der Waals surface area contributed by atoms with E-state index in [9.17, 15) is 4.79 Å². The Kier molecular flexibility index (Phi) is 3.42. The van der Waals surface area contributed by atoms with E-state index >= 15 is 0 Å². The van der Waals surface area contributed by atoms with E-state index in [1.807, 2.05) is 0 Å². The van der Waals surface area contributed by atoms with Crippen molar-refractivity contribution in [3.8, 4) is 0 Å². The second-order valence-corrected chi connectivity index (χ2v) is 4.91. The maximum absolute atomic E-state index is 12.2. The average molecular weight is 220 g/mol. The summed E-state index contributed by atoms with van der Waals surface area (Å²) in [5.74, 6) is 1.01. The molecule has 0 saturated heterocycles. The lowest BCUT2D eigenvalue weighted by atomic mass is 9.85. The average Bonchev–Trinajstić information content (AvgIpc) is 2.24. The van der Waals surface area contributed by atoms with Gasteiger partial charge in [0.1, 0.15) is 0 Å². The van der Waals surface area contributed by atoms with Gasteiger partial charge in [-0.05, 0) is 31.1 Å². The van der Waals surface area contributed by atoms with E-state index in [4.69, 9.17) is 0 Å². The summed E-state index contributed by atoms with van der Waals surface area (Å²) < 4.78 is 1.80. The molecular formula is C13H20N2O. The standard InChI is InChI=1S/C13H20N2O/c1-3-10(2)12-7-14-9-15(13(12)16)8-11-5-4-6-11/h7,9-11H,3-6,8H2,1-2H3. The summed E-state index contributed by atoms with van der Waals surface area (Å²) in [4.78, 5) is 16.4. The van der Waals surface area contributed by atoms with E-state index in [1.165, 1.54) is 19.3 Å². The number of rotatable bonds is 4. The predicted octanol–water partition coefficient (Wildman–Crippen LogP) is 2.56. The largest absolute Gasteiger partial charge is 0.299 e. The number of hydrogen-bond acceptors (Lipinski definition) is 2. The first-order chi connectivity index (χ1) is 7.72. The molecule has 0 N–H and O–H groups in total. The second-order valence-electron chi connectivity index (χ2n) is 4.91. The fourth-order valence-corrected chi connectivity index (χ4v) is 2.11. The van der Waals surface area contributed by atoms with E-state index in [0.717, 1.165) is 18.5 Å². The molecule has 2 rings (SSSR count). The predicted molar refractivity (Wildman–Crippen MR) is 64.5 cm³/mol. The molecule has 3 nitrogen and oxygen atoms in total. The van der Waals surface area contributed by atoms with Crippen molar-refractivity contribution < 1.29 is 0 Å².